The van der Waals surface area contributed by atoms with Crippen LogP contribution in [0, 0.1) is 17.8 Å². The molecule has 27 heavy (non-hydrogen) atoms. The fourth-order valence-corrected chi connectivity index (χ4v) is 4.04. The van der Waals surface area contributed by atoms with Gasteiger partial charge in [0.2, 0.25) is 5.91 Å². The van der Waals surface area contributed by atoms with E-state index in [0.29, 0.717) is 6.54 Å². The van der Waals surface area contributed by atoms with E-state index in [4.69, 9.17) is 4.99 Å². The summed E-state index contributed by atoms with van der Waals surface area (Å²) in [5.74, 6) is 3.93. The number of piperazine rings is 1. The molecule has 3 fully saturated rings. The van der Waals surface area contributed by atoms with Gasteiger partial charge < -0.3 is 15.5 Å². The molecule has 156 valence electrons. The van der Waals surface area contributed by atoms with Crippen molar-refractivity contribution >= 4 is 35.8 Å². The number of hydrogen-bond donors (Lipinski definition) is 2. The van der Waals surface area contributed by atoms with Crippen LogP contribution in [-0.2, 0) is 4.79 Å². The molecule has 1 aliphatic heterocycles. The number of guanidine groups is 1. The molecule has 0 aromatic rings. The molecule has 7 heteroatoms. The molecule has 3 rings (SSSR count). The highest BCUT2D eigenvalue weighted by molar-refractivity contribution is 14.0. The Balaban J connectivity index is 0.00000261. The Hall–Kier alpha value is -0.570. The van der Waals surface area contributed by atoms with Gasteiger partial charge in [-0.2, -0.15) is 0 Å². The molecule has 0 bridgehead atoms. The van der Waals surface area contributed by atoms with E-state index in [1.807, 2.05) is 13.8 Å². The molecule has 2 aliphatic carbocycles. The minimum Gasteiger partial charge on any atom is -0.357 e. The van der Waals surface area contributed by atoms with Crippen molar-refractivity contribution in [3.63, 3.8) is 0 Å². The van der Waals surface area contributed by atoms with Gasteiger partial charge in [-0.05, 0) is 64.2 Å². The average molecular weight is 491 g/mol. The molecule has 0 unspecified atom stereocenters. The number of carbonyl (C=O) groups excluding carboxylic acids is 1. The molecule has 2 N–H and O–H groups in total. The van der Waals surface area contributed by atoms with Crippen molar-refractivity contribution in [3.8, 4) is 0 Å². The van der Waals surface area contributed by atoms with E-state index >= 15 is 0 Å². The third-order valence-electron chi connectivity index (χ3n) is 5.73. The number of nitrogens with zero attached hydrogens (tertiary/aromatic N) is 3. The van der Waals surface area contributed by atoms with Crippen LogP contribution in [0.15, 0.2) is 4.99 Å². The summed E-state index contributed by atoms with van der Waals surface area (Å²) < 4.78 is 0. The highest BCUT2D eigenvalue weighted by Gasteiger charge is 2.41. The summed E-state index contributed by atoms with van der Waals surface area (Å²) in [4.78, 5) is 21.6. The third kappa shape index (κ3) is 7.40. The molecule has 0 aromatic heterocycles. The van der Waals surface area contributed by atoms with E-state index in [1.54, 1.807) is 0 Å². The Morgan fingerprint density at radius 2 is 1.67 bits per heavy atom. The van der Waals surface area contributed by atoms with E-state index in [1.165, 1.54) is 25.7 Å². The maximum absolute atomic E-state index is 12.0. The zero-order valence-corrected chi connectivity index (χ0v) is 19.6. The van der Waals surface area contributed by atoms with Crippen LogP contribution in [0.4, 0.5) is 0 Å². The Bertz CT molecular complexity index is 485. The van der Waals surface area contributed by atoms with Crippen LogP contribution in [0.2, 0.25) is 0 Å². The van der Waals surface area contributed by atoms with Gasteiger partial charge >= 0.3 is 0 Å². The molecule has 1 amide bonds. The lowest BCUT2D eigenvalue weighted by Crippen LogP contribution is -2.54. The first-order valence-corrected chi connectivity index (χ1v) is 10.6. The standard InChI is InChI=1S/C20H37N5O.HI/c1-4-21-20(22-13-18(16-5-6-16)17-7-8-17)25-11-9-24(10-12-25)14-19(26)23-15(2)3;/h15-18H,4-14H2,1-3H3,(H,21,22)(H,23,26);1H. The zero-order valence-electron chi connectivity index (χ0n) is 17.2. The minimum atomic E-state index is 0. The summed E-state index contributed by atoms with van der Waals surface area (Å²) in [5.41, 5.74) is 0. The summed E-state index contributed by atoms with van der Waals surface area (Å²) in [7, 11) is 0. The van der Waals surface area contributed by atoms with E-state index in [-0.39, 0.29) is 35.9 Å². The van der Waals surface area contributed by atoms with Gasteiger partial charge in [-0.3, -0.25) is 14.7 Å². The van der Waals surface area contributed by atoms with Gasteiger partial charge in [-0.15, -0.1) is 24.0 Å². The normalized spacial score (nSPS) is 21.4. The summed E-state index contributed by atoms with van der Waals surface area (Å²) in [5, 5.41) is 6.47. The number of hydrogen-bond acceptors (Lipinski definition) is 3. The molecule has 2 saturated carbocycles. The van der Waals surface area contributed by atoms with Crippen molar-refractivity contribution in [2.45, 2.75) is 52.5 Å². The minimum absolute atomic E-state index is 0. The second-order valence-corrected chi connectivity index (χ2v) is 8.52. The first-order chi connectivity index (χ1) is 12.6. The van der Waals surface area contributed by atoms with Gasteiger partial charge in [0, 0.05) is 45.3 Å². The lowest BCUT2D eigenvalue weighted by Gasteiger charge is -2.36. The SMILES string of the molecule is CCNC(=NCC(C1CC1)C1CC1)N1CCN(CC(=O)NC(C)C)CC1.I. The second kappa shape index (κ2) is 10.8. The Kier molecular flexibility index (Phi) is 9.11. The van der Waals surface area contributed by atoms with Gasteiger partial charge in [-0.1, -0.05) is 0 Å². The highest BCUT2D eigenvalue weighted by Crippen LogP contribution is 2.49. The van der Waals surface area contributed by atoms with Crippen molar-refractivity contribution in [2.75, 3.05) is 45.8 Å². The number of carbonyl (C=O) groups is 1. The fraction of sp³-hybridized carbons (Fsp3) is 0.900. The first-order valence-electron chi connectivity index (χ1n) is 10.6. The van der Waals surface area contributed by atoms with Gasteiger partial charge in [0.05, 0.1) is 6.54 Å². The first kappa shape index (κ1) is 22.7. The fourth-order valence-electron chi connectivity index (χ4n) is 4.04. The predicted octanol–water partition coefficient (Wildman–Crippen LogP) is 2.15. The Labute approximate surface area is 181 Å². The largest absolute Gasteiger partial charge is 0.357 e. The van der Waals surface area contributed by atoms with Crippen LogP contribution in [0.1, 0.15) is 46.5 Å². The third-order valence-corrected chi connectivity index (χ3v) is 5.73. The maximum Gasteiger partial charge on any atom is 0.234 e. The lowest BCUT2D eigenvalue weighted by atomic mass is 9.98. The molecule has 1 saturated heterocycles. The number of rotatable bonds is 8. The van der Waals surface area contributed by atoms with Crippen molar-refractivity contribution in [1.82, 2.24) is 20.4 Å². The summed E-state index contributed by atoms with van der Waals surface area (Å²) in [6.45, 7) is 12.3. The van der Waals surface area contributed by atoms with Crippen LogP contribution in [-0.4, -0.2) is 73.5 Å². The molecule has 1 heterocycles. The van der Waals surface area contributed by atoms with Crippen LogP contribution in [0.25, 0.3) is 0 Å². The summed E-state index contributed by atoms with van der Waals surface area (Å²) in [6.07, 6.45) is 5.68. The number of amides is 1. The quantitative estimate of drug-likeness (QED) is 0.311. The highest BCUT2D eigenvalue weighted by atomic mass is 127. The monoisotopic (exact) mass is 491 g/mol. The number of nitrogens with one attached hydrogen (secondary N) is 2. The maximum atomic E-state index is 12.0. The van der Waals surface area contributed by atoms with Crippen LogP contribution >= 0.6 is 24.0 Å². The molecule has 0 spiro atoms. The summed E-state index contributed by atoms with van der Waals surface area (Å²) in [6, 6.07) is 0.210. The van der Waals surface area contributed by atoms with Crippen LogP contribution in [0.5, 0.6) is 0 Å². The van der Waals surface area contributed by atoms with Crippen molar-refractivity contribution in [1.29, 1.82) is 0 Å². The van der Waals surface area contributed by atoms with Gasteiger partial charge in [0.1, 0.15) is 0 Å². The molecule has 3 aliphatic rings. The number of aliphatic imine (C=N–C) groups is 1. The van der Waals surface area contributed by atoms with Gasteiger partial charge in [0.25, 0.3) is 0 Å². The molecular formula is C20H38IN5O. The molecule has 0 atom stereocenters. The Morgan fingerprint density at radius 1 is 1.07 bits per heavy atom. The predicted molar refractivity (Wildman–Crippen MR) is 122 cm³/mol. The zero-order chi connectivity index (χ0) is 18.5. The van der Waals surface area contributed by atoms with Crippen LogP contribution < -0.4 is 10.6 Å². The Morgan fingerprint density at radius 3 is 2.15 bits per heavy atom. The molecule has 6 nitrogen and oxygen atoms in total. The van der Waals surface area contributed by atoms with Crippen molar-refractivity contribution < 1.29 is 4.79 Å². The summed E-state index contributed by atoms with van der Waals surface area (Å²) >= 11 is 0. The van der Waals surface area contributed by atoms with Gasteiger partial charge in [-0.25, -0.2) is 0 Å². The van der Waals surface area contributed by atoms with Crippen molar-refractivity contribution in [3.05, 3.63) is 0 Å². The second-order valence-electron chi connectivity index (χ2n) is 8.52. The molecule has 0 aromatic carbocycles. The van der Waals surface area contributed by atoms with E-state index in [9.17, 15) is 4.79 Å². The molecular weight excluding hydrogens is 453 g/mol. The van der Waals surface area contributed by atoms with Crippen molar-refractivity contribution in [2.24, 2.45) is 22.7 Å². The van der Waals surface area contributed by atoms with E-state index in [0.717, 1.165) is 63.0 Å². The smallest absolute Gasteiger partial charge is 0.234 e. The van der Waals surface area contributed by atoms with Gasteiger partial charge in [0.15, 0.2) is 5.96 Å². The lowest BCUT2D eigenvalue weighted by molar-refractivity contribution is -0.123. The average Bonchev–Trinajstić information content (AvgIpc) is 3.48. The molecule has 0 radical (unpaired) electrons. The van der Waals surface area contributed by atoms with E-state index in [2.05, 4.69) is 27.4 Å². The van der Waals surface area contributed by atoms with E-state index < -0.39 is 0 Å². The topological polar surface area (TPSA) is 60.0 Å². The van der Waals surface area contributed by atoms with Crippen LogP contribution in [0.3, 0.4) is 0 Å². The number of halogens is 1.